The van der Waals surface area contributed by atoms with Crippen LogP contribution in [0.3, 0.4) is 0 Å². The molecular weight excluding hydrogens is 288 g/mol. The van der Waals surface area contributed by atoms with E-state index in [1.54, 1.807) is 11.0 Å². The van der Waals surface area contributed by atoms with E-state index in [0.29, 0.717) is 12.1 Å². The molecule has 0 saturated carbocycles. The number of aryl methyl sites for hydroxylation is 2. The molecule has 0 spiro atoms. The highest BCUT2D eigenvalue weighted by molar-refractivity contribution is 6.04. The Morgan fingerprint density at radius 1 is 1.13 bits per heavy atom. The number of nitrogens with one attached hydrogen (secondary N) is 1. The van der Waals surface area contributed by atoms with E-state index < -0.39 is 0 Å². The summed E-state index contributed by atoms with van der Waals surface area (Å²) in [5.74, 6) is -0.106. The Morgan fingerprint density at radius 2 is 1.91 bits per heavy atom. The van der Waals surface area contributed by atoms with Crippen molar-refractivity contribution in [1.82, 2.24) is 14.8 Å². The largest absolute Gasteiger partial charge is 0.322 e. The topological polar surface area (TPSA) is 59.8 Å². The van der Waals surface area contributed by atoms with Crippen LogP contribution >= 0.6 is 0 Å². The molecule has 0 saturated heterocycles. The van der Waals surface area contributed by atoms with Gasteiger partial charge in [0.2, 0.25) is 0 Å². The van der Waals surface area contributed by atoms with Crippen molar-refractivity contribution in [2.75, 3.05) is 5.32 Å². The van der Waals surface area contributed by atoms with Crippen LogP contribution in [-0.2, 0) is 6.54 Å². The maximum Gasteiger partial charge on any atom is 0.255 e. The molecule has 0 aliphatic heterocycles. The van der Waals surface area contributed by atoms with Crippen molar-refractivity contribution in [3.8, 4) is 0 Å². The van der Waals surface area contributed by atoms with Crippen LogP contribution in [0, 0.1) is 13.8 Å². The van der Waals surface area contributed by atoms with Gasteiger partial charge >= 0.3 is 0 Å². The van der Waals surface area contributed by atoms with Gasteiger partial charge in [0.05, 0.1) is 6.54 Å². The van der Waals surface area contributed by atoms with Gasteiger partial charge in [0, 0.05) is 11.3 Å². The molecule has 5 heteroatoms. The fourth-order valence-corrected chi connectivity index (χ4v) is 2.33. The number of benzene rings is 2. The van der Waals surface area contributed by atoms with Crippen molar-refractivity contribution >= 4 is 11.6 Å². The van der Waals surface area contributed by atoms with Crippen molar-refractivity contribution in [3.05, 3.63) is 77.4 Å². The lowest BCUT2D eigenvalue weighted by molar-refractivity contribution is 0.102. The Kier molecular flexibility index (Phi) is 4.19. The predicted octanol–water partition coefficient (Wildman–Crippen LogP) is 3.20. The number of rotatable bonds is 4. The Labute approximate surface area is 135 Å². The van der Waals surface area contributed by atoms with Crippen molar-refractivity contribution in [3.63, 3.8) is 0 Å². The Morgan fingerprint density at radius 3 is 2.61 bits per heavy atom. The number of hydrogen-bond acceptors (Lipinski definition) is 3. The first-order valence-electron chi connectivity index (χ1n) is 7.42. The first kappa shape index (κ1) is 15.0. The summed E-state index contributed by atoms with van der Waals surface area (Å²) >= 11 is 0. The second-order valence-corrected chi connectivity index (χ2v) is 5.56. The van der Waals surface area contributed by atoms with E-state index in [2.05, 4.69) is 15.4 Å². The van der Waals surface area contributed by atoms with Gasteiger partial charge in [-0.2, -0.15) is 5.10 Å². The second-order valence-electron chi connectivity index (χ2n) is 5.56. The SMILES string of the molecule is Cc1ccc(C)c(NC(=O)c2ccc(Cn3cncn3)cc2)c1. The molecule has 116 valence electrons. The molecule has 23 heavy (non-hydrogen) atoms. The van der Waals surface area contributed by atoms with E-state index >= 15 is 0 Å². The molecular formula is C18H18N4O. The number of aromatic nitrogens is 3. The van der Waals surface area contributed by atoms with Gasteiger partial charge in [-0.15, -0.1) is 0 Å². The number of amides is 1. The monoisotopic (exact) mass is 306 g/mol. The van der Waals surface area contributed by atoms with Crippen LogP contribution < -0.4 is 5.32 Å². The molecule has 0 aliphatic carbocycles. The quantitative estimate of drug-likeness (QED) is 0.805. The molecule has 1 N–H and O–H groups in total. The summed E-state index contributed by atoms with van der Waals surface area (Å²) in [7, 11) is 0. The minimum Gasteiger partial charge on any atom is -0.322 e. The zero-order chi connectivity index (χ0) is 16.2. The van der Waals surface area contributed by atoms with Gasteiger partial charge < -0.3 is 5.32 Å². The summed E-state index contributed by atoms with van der Waals surface area (Å²) in [6, 6.07) is 13.5. The Bertz CT molecular complexity index is 808. The van der Waals surface area contributed by atoms with Gasteiger partial charge in [0.15, 0.2) is 0 Å². The van der Waals surface area contributed by atoms with E-state index in [1.807, 2.05) is 56.3 Å². The third kappa shape index (κ3) is 3.63. The van der Waals surface area contributed by atoms with Gasteiger partial charge in [-0.25, -0.2) is 9.67 Å². The molecule has 1 aromatic heterocycles. The summed E-state index contributed by atoms with van der Waals surface area (Å²) in [6.07, 6.45) is 3.17. The lowest BCUT2D eigenvalue weighted by Gasteiger charge is -2.10. The normalized spacial score (nSPS) is 10.5. The maximum absolute atomic E-state index is 12.4. The van der Waals surface area contributed by atoms with Gasteiger partial charge in [0.1, 0.15) is 12.7 Å². The molecule has 0 atom stereocenters. The Hall–Kier alpha value is -2.95. The molecule has 2 aromatic carbocycles. The summed E-state index contributed by atoms with van der Waals surface area (Å²) in [6.45, 7) is 4.63. The average molecular weight is 306 g/mol. The van der Waals surface area contributed by atoms with Crippen LogP contribution in [0.4, 0.5) is 5.69 Å². The van der Waals surface area contributed by atoms with Gasteiger partial charge in [-0.05, 0) is 48.7 Å². The van der Waals surface area contributed by atoms with Crippen LogP contribution in [0.2, 0.25) is 0 Å². The lowest BCUT2D eigenvalue weighted by Crippen LogP contribution is -2.13. The van der Waals surface area contributed by atoms with E-state index in [4.69, 9.17) is 0 Å². The number of hydrogen-bond donors (Lipinski definition) is 1. The van der Waals surface area contributed by atoms with Crippen LogP contribution in [-0.4, -0.2) is 20.7 Å². The number of anilines is 1. The molecule has 5 nitrogen and oxygen atoms in total. The highest BCUT2D eigenvalue weighted by atomic mass is 16.1. The number of carbonyl (C=O) groups excluding carboxylic acids is 1. The van der Waals surface area contributed by atoms with Gasteiger partial charge in [-0.1, -0.05) is 24.3 Å². The molecule has 0 radical (unpaired) electrons. The summed E-state index contributed by atoms with van der Waals surface area (Å²) in [5.41, 5.74) is 4.72. The fraction of sp³-hybridized carbons (Fsp3) is 0.167. The minimum atomic E-state index is -0.106. The number of carbonyl (C=O) groups is 1. The highest BCUT2D eigenvalue weighted by Gasteiger charge is 2.08. The van der Waals surface area contributed by atoms with Crippen LogP contribution in [0.25, 0.3) is 0 Å². The van der Waals surface area contributed by atoms with E-state index in [-0.39, 0.29) is 5.91 Å². The van der Waals surface area contributed by atoms with Crippen molar-refractivity contribution in [1.29, 1.82) is 0 Å². The average Bonchev–Trinajstić information content (AvgIpc) is 3.04. The summed E-state index contributed by atoms with van der Waals surface area (Å²) in [4.78, 5) is 16.3. The highest BCUT2D eigenvalue weighted by Crippen LogP contribution is 2.17. The standard InChI is InChI=1S/C18H18N4O/c1-13-3-4-14(2)17(9-13)21-18(23)16-7-5-15(6-8-16)10-22-12-19-11-20-22/h3-9,11-12H,10H2,1-2H3,(H,21,23). The first-order valence-corrected chi connectivity index (χ1v) is 7.42. The fourth-order valence-electron chi connectivity index (χ4n) is 2.33. The van der Waals surface area contributed by atoms with Crippen LogP contribution in [0.1, 0.15) is 27.0 Å². The molecule has 0 unspecified atom stereocenters. The van der Waals surface area contributed by atoms with Crippen molar-refractivity contribution < 1.29 is 4.79 Å². The maximum atomic E-state index is 12.4. The van der Waals surface area contributed by atoms with E-state index in [9.17, 15) is 4.79 Å². The van der Waals surface area contributed by atoms with Crippen LogP contribution in [0.5, 0.6) is 0 Å². The van der Waals surface area contributed by atoms with Crippen molar-refractivity contribution in [2.24, 2.45) is 0 Å². The van der Waals surface area contributed by atoms with E-state index in [1.165, 1.54) is 6.33 Å². The second kappa shape index (κ2) is 6.44. The third-order valence-electron chi connectivity index (χ3n) is 3.67. The zero-order valence-corrected chi connectivity index (χ0v) is 13.2. The molecule has 0 fully saturated rings. The molecule has 0 bridgehead atoms. The molecule has 3 rings (SSSR count). The van der Waals surface area contributed by atoms with E-state index in [0.717, 1.165) is 22.4 Å². The third-order valence-corrected chi connectivity index (χ3v) is 3.67. The predicted molar refractivity (Wildman–Crippen MR) is 89.4 cm³/mol. The van der Waals surface area contributed by atoms with Crippen LogP contribution in [0.15, 0.2) is 55.1 Å². The summed E-state index contributed by atoms with van der Waals surface area (Å²) < 4.78 is 1.74. The first-order chi connectivity index (χ1) is 11.1. The minimum absolute atomic E-state index is 0.106. The molecule has 1 amide bonds. The summed E-state index contributed by atoms with van der Waals surface area (Å²) in [5, 5.41) is 7.03. The lowest BCUT2D eigenvalue weighted by atomic mass is 10.1. The Balaban J connectivity index is 1.71. The van der Waals surface area contributed by atoms with Crippen molar-refractivity contribution in [2.45, 2.75) is 20.4 Å². The van der Waals surface area contributed by atoms with Gasteiger partial charge in [0.25, 0.3) is 5.91 Å². The van der Waals surface area contributed by atoms with Gasteiger partial charge in [-0.3, -0.25) is 4.79 Å². The molecule has 0 aliphatic rings. The molecule has 3 aromatic rings. The zero-order valence-electron chi connectivity index (χ0n) is 13.2. The smallest absolute Gasteiger partial charge is 0.255 e. The number of nitrogens with zero attached hydrogens (tertiary/aromatic N) is 3. The molecule has 1 heterocycles.